The van der Waals surface area contributed by atoms with E-state index in [0.29, 0.717) is 0 Å². The summed E-state index contributed by atoms with van der Waals surface area (Å²) in [6, 6.07) is 11.5. The second-order valence-electron chi connectivity index (χ2n) is 5.10. The maximum atomic E-state index is 10.5. The normalized spacial score (nSPS) is 11.3. The van der Waals surface area contributed by atoms with Gasteiger partial charge in [-0.2, -0.15) is 0 Å². The Hall–Kier alpha value is -2.03. The van der Waals surface area contributed by atoms with Crippen molar-refractivity contribution in [2.75, 3.05) is 5.32 Å². The second kappa shape index (κ2) is 4.69. The first-order valence-corrected chi connectivity index (χ1v) is 5.85. The number of rotatable bonds is 3. The van der Waals surface area contributed by atoms with Crippen LogP contribution in [0.2, 0.25) is 0 Å². The van der Waals surface area contributed by atoms with E-state index in [4.69, 9.17) is 4.74 Å². The van der Waals surface area contributed by atoms with Crippen LogP contribution >= 0.6 is 0 Å². The molecule has 0 atom stereocenters. The van der Waals surface area contributed by atoms with Crippen molar-refractivity contribution in [2.45, 2.75) is 26.4 Å². The van der Waals surface area contributed by atoms with Gasteiger partial charge in [0.05, 0.1) is 0 Å². The van der Waals surface area contributed by atoms with Crippen LogP contribution in [0.1, 0.15) is 20.8 Å². The molecule has 18 heavy (non-hydrogen) atoms. The number of anilines is 1. The number of carbonyl (C=O) groups excluding carboxylic acids is 1. The number of ether oxygens (including phenoxy) is 1. The summed E-state index contributed by atoms with van der Waals surface area (Å²) in [6.45, 7) is 6.02. The van der Waals surface area contributed by atoms with Crippen molar-refractivity contribution in [1.82, 2.24) is 0 Å². The van der Waals surface area contributed by atoms with Crippen LogP contribution < -0.4 is 10.1 Å². The van der Waals surface area contributed by atoms with Crippen molar-refractivity contribution in [3.05, 3.63) is 36.4 Å². The highest BCUT2D eigenvalue weighted by molar-refractivity contribution is 6.00. The number of hydrogen-bond donors (Lipinski definition) is 1. The first-order valence-electron chi connectivity index (χ1n) is 5.85. The van der Waals surface area contributed by atoms with E-state index in [2.05, 4.69) is 5.32 Å². The highest BCUT2D eigenvalue weighted by Gasteiger charge is 2.14. The molecule has 93 valence electrons. The average molecular weight is 242 g/mol. The van der Waals surface area contributed by atoms with Crippen molar-refractivity contribution < 1.29 is 9.53 Å². The van der Waals surface area contributed by atoms with Crippen molar-refractivity contribution >= 4 is 22.9 Å². The lowest BCUT2D eigenvalue weighted by Gasteiger charge is -2.23. The Morgan fingerprint density at radius 2 is 1.72 bits per heavy atom. The van der Waals surface area contributed by atoms with Gasteiger partial charge in [-0.15, -0.1) is 0 Å². The molecule has 0 aromatic heterocycles. The maximum absolute atomic E-state index is 10.5. The van der Waals surface area contributed by atoms with Gasteiger partial charge in [0.1, 0.15) is 11.4 Å². The smallest absolute Gasteiger partial charge is 0.314 e. The Morgan fingerprint density at radius 3 is 2.33 bits per heavy atom. The Morgan fingerprint density at radius 1 is 1.06 bits per heavy atom. The van der Waals surface area contributed by atoms with Gasteiger partial charge >= 0.3 is 6.41 Å². The lowest BCUT2D eigenvalue weighted by Crippen LogP contribution is -2.23. The molecule has 1 radical (unpaired) electrons. The van der Waals surface area contributed by atoms with Gasteiger partial charge in [-0.05, 0) is 32.9 Å². The van der Waals surface area contributed by atoms with E-state index < -0.39 is 0 Å². The van der Waals surface area contributed by atoms with E-state index in [1.165, 1.54) is 0 Å². The van der Waals surface area contributed by atoms with E-state index in [-0.39, 0.29) is 5.60 Å². The standard InChI is InChI=1S/C15H16NO2/c1-15(2,3)18-14-9-8-13(16-10-17)11-6-4-5-7-12(11)14/h4-9H,1-3H3,(H,16,17). The Labute approximate surface area is 107 Å². The predicted molar refractivity (Wildman–Crippen MR) is 73.6 cm³/mol. The third-order valence-corrected chi connectivity index (χ3v) is 2.49. The Bertz CT molecular complexity index is 570. The molecular formula is C15H16NO2. The van der Waals surface area contributed by atoms with Crippen LogP contribution in [0.5, 0.6) is 5.75 Å². The zero-order chi connectivity index (χ0) is 13.2. The minimum Gasteiger partial charge on any atom is -0.488 e. The molecule has 2 aromatic carbocycles. The quantitative estimate of drug-likeness (QED) is 0.836. The Balaban J connectivity index is 2.57. The molecule has 0 aliphatic carbocycles. The summed E-state index contributed by atoms with van der Waals surface area (Å²) in [7, 11) is 0. The summed E-state index contributed by atoms with van der Waals surface area (Å²) in [4.78, 5) is 10.5. The first-order chi connectivity index (χ1) is 8.51. The van der Waals surface area contributed by atoms with E-state index in [1.54, 1.807) is 6.41 Å². The van der Waals surface area contributed by atoms with E-state index in [1.807, 2.05) is 57.2 Å². The molecule has 0 saturated carbocycles. The van der Waals surface area contributed by atoms with Gasteiger partial charge in [-0.1, -0.05) is 24.3 Å². The monoisotopic (exact) mass is 242 g/mol. The number of fused-ring (bicyclic) bond motifs is 1. The van der Waals surface area contributed by atoms with Gasteiger partial charge in [0.15, 0.2) is 0 Å². The van der Waals surface area contributed by atoms with Gasteiger partial charge in [0.2, 0.25) is 0 Å². The SMILES string of the molecule is CC(C)(C)Oc1ccc(N[C]=O)c2ccccc12. The predicted octanol–water partition coefficient (Wildman–Crippen LogP) is 3.50. The summed E-state index contributed by atoms with van der Waals surface area (Å²) in [5.74, 6) is 0.814. The molecule has 2 aromatic rings. The van der Waals surface area contributed by atoms with Gasteiger partial charge < -0.3 is 10.1 Å². The number of nitrogens with one attached hydrogen (secondary N) is 1. The lowest BCUT2D eigenvalue weighted by atomic mass is 10.1. The van der Waals surface area contributed by atoms with Crippen LogP contribution in [0.4, 0.5) is 5.69 Å². The molecule has 0 fully saturated rings. The fraction of sp³-hybridized carbons (Fsp3) is 0.267. The number of amides is 1. The number of benzene rings is 2. The third kappa shape index (κ3) is 2.62. The van der Waals surface area contributed by atoms with Gasteiger partial charge in [-0.3, -0.25) is 4.79 Å². The molecular weight excluding hydrogens is 226 g/mol. The highest BCUT2D eigenvalue weighted by Crippen LogP contribution is 2.33. The molecule has 0 heterocycles. The van der Waals surface area contributed by atoms with Crippen LogP contribution in [-0.4, -0.2) is 12.0 Å². The molecule has 0 aliphatic heterocycles. The highest BCUT2D eigenvalue weighted by atomic mass is 16.5. The van der Waals surface area contributed by atoms with E-state index in [0.717, 1.165) is 22.2 Å². The van der Waals surface area contributed by atoms with Crippen molar-refractivity contribution in [2.24, 2.45) is 0 Å². The average Bonchev–Trinajstić information content (AvgIpc) is 2.31. The topological polar surface area (TPSA) is 38.3 Å². The summed E-state index contributed by atoms with van der Waals surface area (Å²) in [5.41, 5.74) is 0.482. The third-order valence-electron chi connectivity index (χ3n) is 2.49. The van der Waals surface area contributed by atoms with Gasteiger partial charge in [-0.25, -0.2) is 0 Å². The zero-order valence-corrected chi connectivity index (χ0v) is 10.8. The van der Waals surface area contributed by atoms with Crippen LogP contribution in [0.3, 0.4) is 0 Å². The van der Waals surface area contributed by atoms with Crippen LogP contribution in [0, 0.1) is 0 Å². The molecule has 0 unspecified atom stereocenters. The van der Waals surface area contributed by atoms with Crippen molar-refractivity contribution in [3.8, 4) is 5.75 Å². The number of hydrogen-bond acceptors (Lipinski definition) is 2. The molecule has 2 rings (SSSR count). The summed E-state index contributed by atoms with van der Waals surface area (Å²) in [6.07, 6.45) is 1.70. The van der Waals surface area contributed by atoms with Gasteiger partial charge in [0, 0.05) is 16.5 Å². The van der Waals surface area contributed by atoms with E-state index >= 15 is 0 Å². The molecule has 1 amide bonds. The molecule has 1 N–H and O–H groups in total. The molecule has 0 saturated heterocycles. The summed E-state index contributed by atoms with van der Waals surface area (Å²) >= 11 is 0. The van der Waals surface area contributed by atoms with Gasteiger partial charge in [0.25, 0.3) is 0 Å². The summed E-state index contributed by atoms with van der Waals surface area (Å²) in [5, 5.41) is 4.51. The molecule has 0 spiro atoms. The Kier molecular flexibility index (Phi) is 3.24. The van der Waals surface area contributed by atoms with Crippen molar-refractivity contribution in [3.63, 3.8) is 0 Å². The van der Waals surface area contributed by atoms with Crippen molar-refractivity contribution in [1.29, 1.82) is 0 Å². The zero-order valence-electron chi connectivity index (χ0n) is 10.8. The largest absolute Gasteiger partial charge is 0.488 e. The molecule has 0 aliphatic rings. The fourth-order valence-electron chi connectivity index (χ4n) is 1.85. The molecule has 3 heteroatoms. The van der Waals surface area contributed by atoms with Crippen LogP contribution in [-0.2, 0) is 4.79 Å². The van der Waals surface area contributed by atoms with E-state index in [9.17, 15) is 4.79 Å². The molecule has 0 bridgehead atoms. The van der Waals surface area contributed by atoms with Crippen LogP contribution in [0.15, 0.2) is 36.4 Å². The van der Waals surface area contributed by atoms with Crippen LogP contribution in [0.25, 0.3) is 10.8 Å². The minimum absolute atomic E-state index is 0.255. The minimum atomic E-state index is -0.255. The molecule has 3 nitrogen and oxygen atoms in total. The summed E-state index contributed by atoms with van der Waals surface area (Å²) < 4.78 is 5.92. The fourth-order valence-corrected chi connectivity index (χ4v) is 1.85. The second-order valence-corrected chi connectivity index (χ2v) is 5.10. The maximum Gasteiger partial charge on any atom is 0.314 e. The first kappa shape index (κ1) is 12.4. The lowest BCUT2D eigenvalue weighted by molar-refractivity contribution is 0.133.